The normalized spacial score (nSPS) is 16.8. The van der Waals surface area contributed by atoms with E-state index in [-0.39, 0.29) is 82.8 Å². The number of rotatable bonds is 5. The largest absolute Gasteiger partial charge is 0.455 e. The lowest BCUT2D eigenvalue weighted by molar-refractivity contribution is 0.632. The second-order valence-electron chi connectivity index (χ2n) is 10.7. The molecule has 1 nitrogen and oxygen atoms in total. The lowest BCUT2D eigenvalue weighted by Gasteiger charge is -2.18. The highest BCUT2D eigenvalue weighted by Crippen LogP contribution is 2.50. The average molecular weight is 617 g/mol. The Morgan fingerprint density at radius 2 is 0.830 bits per heavy atom. The first kappa shape index (κ1) is 14.5. The zero-order valence-electron chi connectivity index (χ0n) is 42.3. The van der Waals surface area contributed by atoms with Crippen molar-refractivity contribution in [2.45, 2.75) is 0 Å². The first-order chi connectivity index (χ1) is 30.8. The van der Waals surface area contributed by atoms with Gasteiger partial charge in [-0.1, -0.05) is 169 Å². The molecule has 0 fully saturated rings. The summed E-state index contributed by atoms with van der Waals surface area (Å²) in [6.45, 7) is 0. The quantitative estimate of drug-likeness (QED) is 0.175. The van der Waals surface area contributed by atoms with Crippen LogP contribution in [-0.4, -0.2) is 0 Å². The van der Waals surface area contributed by atoms with Crippen molar-refractivity contribution >= 4 is 32.5 Å². The molecule has 0 saturated heterocycles. The Morgan fingerprint density at radius 3 is 1.43 bits per heavy atom. The highest BCUT2D eigenvalue weighted by atomic mass is 16.3. The van der Waals surface area contributed by atoms with Crippen LogP contribution in [0.2, 0.25) is 0 Å². The fraction of sp³-hybridized carbons (Fsp3) is 0. The van der Waals surface area contributed by atoms with E-state index >= 15 is 0 Å². The number of hydrogen-bond acceptors (Lipinski definition) is 1. The first-order valence-electron chi connectivity index (χ1n) is 23.6. The van der Waals surface area contributed by atoms with E-state index in [1.165, 1.54) is 30.3 Å². The molecule has 0 unspecified atom stereocenters. The summed E-state index contributed by atoms with van der Waals surface area (Å²) in [6.07, 6.45) is 0. The summed E-state index contributed by atoms with van der Waals surface area (Å²) >= 11 is 0. The fourth-order valence-electron chi connectivity index (χ4n) is 6.05. The van der Waals surface area contributed by atoms with E-state index in [0.29, 0.717) is 5.56 Å². The van der Waals surface area contributed by atoms with Gasteiger partial charge in [-0.15, -0.1) is 0 Å². The van der Waals surface area contributed by atoms with E-state index in [4.69, 9.17) is 23.6 Å². The van der Waals surface area contributed by atoms with Crippen LogP contribution in [0.4, 0.5) is 0 Å². The molecular formula is C46H30O. The zero-order chi connectivity index (χ0) is 46.8. The van der Waals surface area contributed by atoms with Gasteiger partial charge in [-0.3, -0.25) is 0 Å². The second-order valence-corrected chi connectivity index (χ2v) is 10.7. The SMILES string of the molecule is [2H]c1c([2H])c([2H])c(-c2ccc(-c3oc4cc(-c5c([2H])c([2H])c([2H])c([2H])c5[2H])ccc4c3-c3c4c([2H])c([2H])c([2H])c([2H])c4c(-c4ccccc4)c4c([2H])c([2H])c([2H])c([2H])c34)cc2)c([2H])c1[2H]. The molecule has 0 N–H and O–H groups in total. The van der Waals surface area contributed by atoms with Crippen LogP contribution in [0.15, 0.2) is 186 Å². The average Bonchev–Trinajstić information content (AvgIpc) is 3.69. The van der Waals surface area contributed by atoms with E-state index in [1.54, 1.807) is 42.5 Å². The number of fused-ring (bicyclic) bond motifs is 3. The molecular weight excluding hydrogens is 569 g/mol. The number of hydrogen-bond donors (Lipinski definition) is 0. The van der Waals surface area contributed by atoms with Crippen LogP contribution in [0.25, 0.3) is 88.3 Å². The van der Waals surface area contributed by atoms with Gasteiger partial charge in [-0.05, 0) is 67.1 Å². The summed E-state index contributed by atoms with van der Waals surface area (Å²) in [5.74, 6) is 0.0145. The monoisotopic (exact) mass is 616 g/mol. The maximum atomic E-state index is 9.49. The van der Waals surface area contributed by atoms with Gasteiger partial charge in [0.05, 0.1) is 24.7 Å². The summed E-state index contributed by atoms with van der Waals surface area (Å²) < 4.78 is 164. The van der Waals surface area contributed by atoms with Gasteiger partial charge in [0.15, 0.2) is 0 Å². The standard InChI is InChI=1S/C46H30O/c1-4-14-31(15-5-1)33-24-26-35(27-25-33)46-45(41-29-28-36(30-42(41)47-46)32-16-6-2-7-17-32)44-39-22-12-10-20-37(39)43(34-18-8-3-9-19-34)38-21-11-13-23-40(38)44/h1-30H/i1D,2D,4D,5D,6D,7D,10D,11D,12D,13D,14D,15D,16D,17D,20D,21D,22D,23D. The Labute approximate surface area is 299 Å². The van der Waals surface area contributed by atoms with Gasteiger partial charge in [0.1, 0.15) is 11.3 Å². The molecule has 0 aliphatic heterocycles. The minimum atomic E-state index is -0.622. The van der Waals surface area contributed by atoms with Crippen molar-refractivity contribution in [3.05, 3.63) is 182 Å². The second kappa shape index (κ2) is 11.3. The molecule has 8 aromatic carbocycles. The van der Waals surface area contributed by atoms with E-state index in [2.05, 4.69) is 0 Å². The minimum Gasteiger partial charge on any atom is -0.455 e. The van der Waals surface area contributed by atoms with Crippen molar-refractivity contribution in [1.82, 2.24) is 0 Å². The van der Waals surface area contributed by atoms with Crippen LogP contribution < -0.4 is 0 Å². The van der Waals surface area contributed by atoms with Crippen LogP contribution in [0.5, 0.6) is 0 Å². The molecule has 0 saturated carbocycles. The van der Waals surface area contributed by atoms with E-state index in [1.807, 2.05) is 0 Å². The molecule has 9 aromatic rings. The molecule has 1 aromatic heterocycles. The maximum Gasteiger partial charge on any atom is 0.143 e. The lowest BCUT2D eigenvalue weighted by Crippen LogP contribution is -1.91. The molecule has 0 aliphatic rings. The summed E-state index contributed by atoms with van der Waals surface area (Å²) in [5, 5.41) is -0.0195. The van der Waals surface area contributed by atoms with Crippen molar-refractivity contribution in [2.75, 3.05) is 0 Å². The Kier molecular flexibility index (Phi) is 3.49. The summed E-state index contributed by atoms with van der Waals surface area (Å²) in [4.78, 5) is 0. The van der Waals surface area contributed by atoms with Crippen molar-refractivity contribution in [1.29, 1.82) is 0 Å². The highest BCUT2D eigenvalue weighted by Gasteiger charge is 2.24. The third kappa shape index (κ3) is 4.64. The van der Waals surface area contributed by atoms with Crippen LogP contribution in [0.1, 0.15) is 24.7 Å². The predicted octanol–water partition coefficient (Wildman–Crippen LogP) is 13.1. The van der Waals surface area contributed by atoms with Crippen LogP contribution in [-0.2, 0) is 0 Å². The Hall–Kier alpha value is -6.18. The Bertz CT molecular complexity index is 3420. The van der Waals surface area contributed by atoms with Crippen LogP contribution >= 0.6 is 0 Å². The lowest BCUT2D eigenvalue weighted by atomic mass is 9.84. The molecule has 0 atom stereocenters. The summed E-state index contributed by atoms with van der Waals surface area (Å²) in [6, 6.07) is 9.44. The van der Waals surface area contributed by atoms with Gasteiger partial charge in [-0.2, -0.15) is 0 Å². The molecule has 220 valence electrons. The zero-order valence-corrected chi connectivity index (χ0v) is 24.3. The molecule has 47 heavy (non-hydrogen) atoms. The van der Waals surface area contributed by atoms with Crippen molar-refractivity contribution in [3.8, 4) is 55.8 Å². The van der Waals surface area contributed by atoms with Gasteiger partial charge < -0.3 is 4.42 Å². The number of furan rings is 1. The highest BCUT2D eigenvalue weighted by molar-refractivity contribution is 6.25. The molecule has 1 heteroatoms. The van der Waals surface area contributed by atoms with Gasteiger partial charge in [0, 0.05) is 22.1 Å². The topological polar surface area (TPSA) is 13.1 Å². The van der Waals surface area contributed by atoms with Gasteiger partial charge >= 0.3 is 0 Å². The van der Waals surface area contributed by atoms with Crippen molar-refractivity contribution in [2.24, 2.45) is 0 Å². The molecule has 0 bridgehead atoms. The van der Waals surface area contributed by atoms with E-state index in [9.17, 15) is 5.48 Å². The van der Waals surface area contributed by atoms with Gasteiger partial charge in [0.2, 0.25) is 0 Å². The summed E-state index contributed by atoms with van der Waals surface area (Å²) in [7, 11) is 0. The molecule has 0 radical (unpaired) electrons. The summed E-state index contributed by atoms with van der Waals surface area (Å²) in [5.41, 5.74) is 1.18. The van der Waals surface area contributed by atoms with Crippen molar-refractivity contribution < 1.29 is 29.1 Å². The molecule has 0 aliphatic carbocycles. The van der Waals surface area contributed by atoms with E-state index < -0.39 is 109 Å². The molecule has 0 amide bonds. The molecule has 9 rings (SSSR count). The minimum absolute atomic E-state index is 0.0145. The van der Waals surface area contributed by atoms with Crippen LogP contribution in [0, 0.1) is 0 Å². The third-order valence-electron chi connectivity index (χ3n) is 8.10. The van der Waals surface area contributed by atoms with Gasteiger partial charge in [0.25, 0.3) is 0 Å². The Morgan fingerprint density at radius 1 is 0.340 bits per heavy atom. The van der Waals surface area contributed by atoms with E-state index in [0.717, 1.165) is 0 Å². The smallest absolute Gasteiger partial charge is 0.143 e. The van der Waals surface area contributed by atoms with Gasteiger partial charge in [-0.25, -0.2) is 0 Å². The number of benzene rings is 8. The predicted molar refractivity (Wildman–Crippen MR) is 198 cm³/mol. The molecule has 1 heterocycles. The molecule has 0 spiro atoms. The fourth-order valence-corrected chi connectivity index (χ4v) is 6.05. The third-order valence-corrected chi connectivity index (χ3v) is 8.10. The Balaban J connectivity index is 1.48. The maximum absolute atomic E-state index is 9.49. The van der Waals surface area contributed by atoms with Crippen LogP contribution in [0.3, 0.4) is 0 Å². The van der Waals surface area contributed by atoms with Crippen molar-refractivity contribution in [3.63, 3.8) is 0 Å². The first-order valence-corrected chi connectivity index (χ1v) is 14.6.